The Bertz CT molecular complexity index is 1180. The van der Waals surface area contributed by atoms with E-state index in [1.54, 1.807) is 60.5 Å². The Morgan fingerprint density at radius 2 is 1.68 bits per heavy atom. The lowest BCUT2D eigenvalue weighted by Crippen LogP contribution is -2.50. The summed E-state index contributed by atoms with van der Waals surface area (Å²) < 4.78 is 1.50. The third kappa shape index (κ3) is 4.00. The van der Waals surface area contributed by atoms with Crippen LogP contribution in [0.4, 0.5) is 21.9 Å². The number of carbonyl (C=O) groups excluding carboxylic acids is 1. The molecule has 1 saturated heterocycles. The van der Waals surface area contributed by atoms with Gasteiger partial charge >= 0.3 is 11.7 Å². The molecule has 2 amide bonds. The molecule has 2 N–H and O–H groups in total. The summed E-state index contributed by atoms with van der Waals surface area (Å²) in [6.07, 6.45) is 1.61. The highest BCUT2D eigenvalue weighted by Gasteiger charge is 2.26. The second-order valence-corrected chi connectivity index (χ2v) is 7.24. The molecule has 0 atom stereocenters. The number of benzene rings is 2. The molecule has 3 aromatic rings. The predicted octanol–water partition coefficient (Wildman–Crippen LogP) is 2.74. The SMILES string of the molecule is Cc1c[nH]c(=O)n1-c1ccccc1NC(=O)N1CCN(c2ccccc2[N+](=O)[O-])CC1. The van der Waals surface area contributed by atoms with Gasteiger partial charge in [0.05, 0.1) is 16.3 Å². The fraction of sp³-hybridized carbons (Fsp3) is 0.238. The van der Waals surface area contributed by atoms with Gasteiger partial charge in [0.15, 0.2) is 0 Å². The van der Waals surface area contributed by atoms with Gasteiger partial charge in [-0.3, -0.25) is 14.7 Å². The number of nitro benzene ring substituents is 1. The maximum Gasteiger partial charge on any atom is 0.330 e. The van der Waals surface area contributed by atoms with Crippen molar-refractivity contribution in [3.63, 3.8) is 0 Å². The molecule has 0 radical (unpaired) electrons. The summed E-state index contributed by atoms with van der Waals surface area (Å²) in [5.41, 5.74) is 2.17. The minimum absolute atomic E-state index is 0.0571. The number of amides is 2. The number of nitro groups is 1. The van der Waals surface area contributed by atoms with Crippen LogP contribution in [0.15, 0.2) is 59.5 Å². The number of aromatic amines is 1. The number of urea groups is 1. The van der Waals surface area contributed by atoms with Crippen molar-refractivity contribution in [2.24, 2.45) is 0 Å². The number of rotatable bonds is 4. The molecule has 0 unspecified atom stereocenters. The number of aromatic nitrogens is 2. The summed E-state index contributed by atoms with van der Waals surface area (Å²) in [6, 6.07) is 13.4. The number of hydrogen-bond donors (Lipinski definition) is 2. The van der Waals surface area contributed by atoms with E-state index in [4.69, 9.17) is 0 Å². The number of carbonyl (C=O) groups is 1. The summed E-state index contributed by atoms with van der Waals surface area (Å²) >= 11 is 0. The van der Waals surface area contributed by atoms with Crippen LogP contribution in [0.5, 0.6) is 0 Å². The molecular formula is C21H22N6O4. The lowest BCUT2D eigenvalue weighted by Gasteiger charge is -2.35. The Labute approximate surface area is 177 Å². The van der Waals surface area contributed by atoms with Gasteiger partial charge in [-0.2, -0.15) is 0 Å². The van der Waals surface area contributed by atoms with Gasteiger partial charge in [-0.1, -0.05) is 24.3 Å². The number of nitrogens with zero attached hydrogens (tertiary/aromatic N) is 4. The zero-order valence-electron chi connectivity index (χ0n) is 16.9. The van der Waals surface area contributed by atoms with E-state index >= 15 is 0 Å². The van der Waals surface area contributed by atoms with E-state index in [1.165, 1.54) is 10.6 Å². The Balaban J connectivity index is 1.47. The summed E-state index contributed by atoms with van der Waals surface area (Å²) in [7, 11) is 0. The number of aryl methyl sites for hydroxylation is 1. The standard InChI is InChI=1S/C21H22N6O4/c1-15-14-22-20(28)26(15)17-7-3-2-6-16(17)23-21(29)25-12-10-24(11-13-25)18-8-4-5-9-19(18)27(30)31/h2-9,14H,10-13H2,1H3,(H,22,28)(H,23,29). The molecule has 0 saturated carbocycles. The first kappa shape index (κ1) is 20.2. The highest BCUT2D eigenvalue weighted by Crippen LogP contribution is 2.28. The average Bonchev–Trinajstić information content (AvgIpc) is 3.12. The van der Waals surface area contributed by atoms with Crippen LogP contribution in [0.2, 0.25) is 0 Å². The van der Waals surface area contributed by atoms with E-state index in [0.717, 1.165) is 5.69 Å². The van der Waals surface area contributed by atoms with Gasteiger partial charge in [0.1, 0.15) is 5.69 Å². The van der Waals surface area contributed by atoms with Gasteiger partial charge in [-0.05, 0) is 25.1 Å². The molecule has 0 aliphatic carbocycles. The molecular weight excluding hydrogens is 400 g/mol. The van der Waals surface area contributed by atoms with Crippen molar-refractivity contribution in [3.8, 4) is 5.69 Å². The quantitative estimate of drug-likeness (QED) is 0.495. The van der Waals surface area contributed by atoms with Crippen LogP contribution in [0.25, 0.3) is 5.69 Å². The number of nitrogens with one attached hydrogen (secondary N) is 2. The lowest BCUT2D eigenvalue weighted by molar-refractivity contribution is -0.384. The maximum atomic E-state index is 12.9. The molecule has 0 bridgehead atoms. The van der Waals surface area contributed by atoms with Crippen molar-refractivity contribution in [3.05, 3.63) is 81.0 Å². The average molecular weight is 422 g/mol. The second-order valence-electron chi connectivity index (χ2n) is 7.24. The van der Waals surface area contributed by atoms with Crippen molar-refractivity contribution in [1.29, 1.82) is 0 Å². The van der Waals surface area contributed by atoms with Gasteiger partial charge in [0, 0.05) is 44.1 Å². The van der Waals surface area contributed by atoms with Crippen molar-refractivity contribution in [1.82, 2.24) is 14.5 Å². The number of piperazine rings is 1. The van der Waals surface area contributed by atoms with Crippen LogP contribution in [0, 0.1) is 17.0 Å². The van der Waals surface area contributed by atoms with Gasteiger partial charge < -0.3 is 20.1 Å². The van der Waals surface area contributed by atoms with E-state index in [1.807, 2.05) is 4.90 Å². The van der Waals surface area contributed by atoms with Crippen LogP contribution >= 0.6 is 0 Å². The van der Waals surface area contributed by atoms with E-state index in [9.17, 15) is 19.7 Å². The fourth-order valence-corrected chi connectivity index (χ4v) is 3.76. The van der Waals surface area contributed by atoms with Crippen molar-refractivity contribution < 1.29 is 9.72 Å². The second kappa shape index (κ2) is 8.34. The van der Waals surface area contributed by atoms with Crippen molar-refractivity contribution in [2.45, 2.75) is 6.92 Å². The van der Waals surface area contributed by atoms with Gasteiger partial charge in [-0.25, -0.2) is 9.59 Å². The summed E-state index contributed by atoms with van der Waals surface area (Å²) in [5, 5.41) is 14.2. The van der Waals surface area contributed by atoms with E-state index in [-0.39, 0.29) is 17.4 Å². The van der Waals surface area contributed by atoms with Crippen LogP contribution in [-0.4, -0.2) is 51.6 Å². The number of imidazole rings is 1. The van der Waals surface area contributed by atoms with Crippen molar-refractivity contribution >= 4 is 23.1 Å². The molecule has 10 nitrogen and oxygen atoms in total. The molecule has 31 heavy (non-hydrogen) atoms. The topological polar surface area (TPSA) is 117 Å². The zero-order valence-corrected chi connectivity index (χ0v) is 16.9. The molecule has 2 aromatic carbocycles. The largest absolute Gasteiger partial charge is 0.362 e. The summed E-state index contributed by atoms with van der Waals surface area (Å²) in [4.78, 5) is 42.2. The van der Waals surface area contributed by atoms with E-state index < -0.39 is 4.92 Å². The van der Waals surface area contributed by atoms with Crippen LogP contribution in [0.1, 0.15) is 5.69 Å². The molecule has 2 heterocycles. The van der Waals surface area contributed by atoms with Crippen LogP contribution in [-0.2, 0) is 0 Å². The number of H-pyrrole nitrogens is 1. The van der Waals surface area contributed by atoms with E-state index in [0.29, 0.717) is 43.2 Å². The molecule has 10 heteroatoms. The monoisotopic (exact) mass is 422 g/mol. The molecule has 1 aromatic heterocycles. The van der Waals surface area contributed by atoms with Crippen LogP contribution in [0.3, 0.4) is 0 Å². The molecule has 160 valence electrons. The Kier molecular flexibility index (Phi) is 5.44. The van der Waals surface area contributed by atoms with Crippen molar-refractivity contribution in [2.75, 3.05) is 36.4 Å². The van der Waals surface area contributed by atoms with Gasteiger partial charge in [-0.15, -0.1) is 0 Å². The molecule has 1 aliphatic rings. The smallest absolute Gasteiger partial charge is 0.330 e. The Hall–Kier alpha value is -4.08. The first-order chi connectivity index (χ1) is 15.0. The summed E-state index contributed by atoms with van der Waals surface area (Å²) in [5.74, 6) is 0. The Morgan fingerprint density at radius 1 is 1.03 bits per heavy atom. The minimum Gasteiger partial charge on any atom is -0.362 e. The zero-order chi connectivity index (χ0) is 22.0. The molecule has 1 aliphatic heterocycles. The van der Waals surface area contributed by atoms with Crippen LogP contribution < -0.4 is 15.9 Å². The first-order valence-electron chi connectivity index (χ1n) is 9.86. The third-order valence-corrected chi connectivity index (χ3v) is 5.33. The predicted molar refractivity (Wildman–Crippen MR) is 117 cm³/mol. The fourth-order valence-electron chi connectivity index (χ4n) is 3.76. The number of anilines is 2. The highest BCUT2D eigenvalue weighted by molar-refractivity contribution is 5.91. The number of hydrogen-bond acceptors (Lipinski definition) is 5. The van der Waals surface area contributed by atoms with Gasteiger partial charge in [0.25, 0.3) is 5.69 Å². The third-order valence-electron chi connectivity index (χ3n) is 5.33. The normalized spacial score (nSPS) is 13.8. The van der Waals surface area contributed by atoms with Gasteiger partial charge in [0.2, 0.25) is 0 Å². The number of para-hydroxylation sites is 4. The highest BCUT2D eigenvalue weighted by atomic mass is 16.6. The molecule has 0 spiro atoms. The van der Waals surface area contributed by atoms with E-state index in [2.05, 4.69) is 10.3 Å². The molecule has 4 rings (SSSR count). The maximum absolute atomic E-state index is 12.9. The Morgan fingerprint density at radius 3 is 2.32 bits per heavy atom. The first-order valence-corrected chi connectivity index (χ1v) is 9.86. The summed E-state index contributed by atoms with van der Waals surface area (Å²) in [6.45, 7) is 3.61. The minimum atomic E-state index is -0.393. The lowest BCUT2D eigenvalue weighted by atomic mass is 10.2. The molecule has 1 fully saturated rings.